The van der Waals surface area contributed by atoms with Gasteiger partial charge in [0.2, 0.25) is 0 Å². The zero-order chi connectivity index (χ0) is 23.5. The van der Waals surface area contributed by atoms with E-state index in [1.807, 2.05) is 30.3 Å². The van der Waals surface area contributed by atoms with Crippen LogP contribution in [0.15, 0.2) is 70.8 Å². The number of likely N-dealkylation sites (tertiary alicyclic amines) is 1. The van der Waals surface area contributed by atoms with E-state index in [9.17, 15) is 4.79 Å². The highest BCUT2D eigenvalue weighted by Gasteiger charge is 2.43. The van der Waals surface area contributed by atoms with Gasteiger partial charge in [-0.25, -0.2) is 9.97 Å². The van der Waals surface area contributed by atoms with Crippen molar-refractivity contribution in [1.82, 2.24) is 14.9 Å². The lowest BCUT2D eigenvalue weighted by atomic mass is 9.72. The number of benzene rings is 2. The molecule has 0 unspecified atom stereocenters. The predicted octanol–water partition coefficient (Wildman–Crippen LogP) is 4.39. The molecule has 8 heteroatoms. The van der Waals surface area contributed by atoms with Crippen LogP contribution in [-0.4, -0.2) is 54.9 Å². The highest BCUT2D eigenvalue weighted by atomic mass is 32.2. The molecule has 0 spiro atoms. The number of esters is 1. The molecule has 0 N–H and O–H groups in total. The second-order valence-corrected chi connectivity index (χ2v) is 9.68. The number of anilines is 2. The molecule has 0 radical (unpaired) electrons. The molecular formula is C26H28N4O3S. The van der Waals surface area contributed by atoms with Crippen LogP contribution in [-0.2, 0) is 26.2 Å². The van der Waals surface area contributed by atoms with Gasteiger partial charge in [-0.15, -0.1) is 0 Å². The smallest absolute Gasteiger partial charge is 0.316 e. The molecule has 2 aliphatic rings. The minimum Gasteiger partial charge on any atom is -0.468 e. The zero-order valence-corrected chi connectivity index (χ0v) is 20.3. The average Bonchev–Trinajstić information content (AvgIpc) is 2.89. The number of piperidine rings is 1. The fourth-order valence-electron chi connectivity index (χ4n) is 4.93. The van der Waals surface area contributed by atoms with Gasteiger partial charge in [0.15, 0.2) is 5.82 Å². The van der Waals surface area contributed by atoms with Crippen molar-refractivity contribution in [3.63, 3.8) is 0 Å². The maximum absolute atomic E-state index is 12.8. The summed E-state index contributed by atoms with van der Waals surface area (Å²) in [7, 11) is 3.17. The lowest BCUT2D eigenvalue weighted by Crippen LogP contribution is -2.47. The Morgan fingerprint density at radius 2 is 1.82 bits per heavy atom. The monoisotopic (exact) mass is 476 g/mol. The van der Waals surface area contributed by atoms with Crippen molar-refractivity contribution in [2.24, 2.45) is 0 Å². The highest BCUT2D eigenvalue weighted by molar-refractivity contribution is 7.99. The zero-order valence-electron chi connectivity index (χ0n) is 19.4. The second-order valence-electron chi connectivity index (χ2n) is 8.65. The van der Waals surface area contributed by atoms with Crippen LogP contribution in [0.1, 0.15) is 24.0 Å². The highest BCUT2D eigenvalue weighted by Crippen LogP contribution is 2.46. The van der Waals surface area contributed by atoms with Gasteiger partial charge in [-0.3, -0.25) is 14.6 Å². The van der Waals surface area contributed by atoms with E-state index >= 15 is 0 Å². The Labute approximate surface area is 204 Å². The summed E-state index contributed by atoms with van der Waals surface area (Å²) in [4.78, 5) is 27.5. The van der Waals surface area contributed by atoms with Gasteiger partial charge in [0.05, 0.1) is 18.2 Å². The Morgan fingerprint density at radius 3 is 2.56 bits per heavy atom. The van der Waals surface area contributed by atoms with Gasteiger partial charge >= 0.3 is 5.97 Å². The number of fused-ring (bicyclic) bond motifs is 2. The van der Waals surface area contributed by atoms with Crippen LogP contribution in [0.4, 0.5) is 11.5 Å². The number of aromatic nitrogens is 2. The van der Waals surface area contributed by atoms with Crippen molar-refractivity contribution >= 4 is 29.2 Å². The largest absolute Gasteiger partial charge is 0.468 e. The van der Waals surface area contributed by atoms with Gasteiger partial charge in [-0.2, -0.15) is 0 Å². The van der Waals surface area contributed by atoms with Gasteiger partial charge in [0.1, 0.15) is 11.8 Å². The van der Waals surface area contributed by atoms with Gasteiger partial charge in [0, 0.05) is 30.9 Å². The maximum Gasteiger partial charge on any atom is 0.316 e. The van der Waals surface area contributed by atoms with Crippen LogP contribution in [0.25, 0.3) is 0 Å². The van der Waals surface area contributed by atoms with Crippen LogP contribution >= 0.6 is 11.8 Å². The molecule has 7 nitrogen and oxygen atoms in total. The third-order valence-corrected chi connectivity index (χ3v) is 7.75. The summed E-state index contributed by atoms with van der Waals surface area (Å²) in [5.74, 6) is 0.682. The molecule has 2 aliphatic heterocycles. The number of rotatable bonds is 6. The summed E-state index contributed by atoms with van der Waals surface area (Å²) in [6, 6.07) is 16.6. The molecule has 0 amide bonds. The van der Waals surface area contributed by atoms with E-state index in [1.165, 1.54) is 12.7 Å². The summed E-state index contributed by atoms with van der Waals surface area (Å²) in [5, 5.41) is 0.885. The van der Waals surface area contributed by atoms with Gasteiger partial charge in [-0.1, -0.05) is 48.2 Å². The molecule has 1 saturated heterocycles. The normalized spacial score (nSPS) is 17.1. The molecule has 5 rings (SSSR count). The van der Waals surface area contributed by atoms with E-state index in [1.54, 1.807) is 31.3 Å². The predicted molar refractivity (Wildman–Crippen MR) is 131 cm³/mol. The average molecular weight is 477 g/mol. The summed E-state index contributed by atoms with van der Waals surface area (Å²) in [6.07, 6.45) is 4.91. The Balaban J connectivity index is 1.34. The number of nitrogens with zero attached hydrogens (tertiary/aromatic N) is 4. The number of hydrogen-bond acceptors (Lipinski definition) is 8. The first kappa shape index (κ1) is 22.8. The summed E-state index contributed by atoms with van der Waals surface area (Å²) < 4.78 is 10.7. The molecule has 3 heterocycles. The Morgan fingerprint density at radius 1 is 1.06 bits per heavy atom. The van der Waals surface area contributed by atoms with Crippen molar-refractivity contribution in [2.75, 3.05) is 38.9 Å². The van der Waals surface area contributed by atoms with E-state index in [0.717, 1.165) is 59.5 Å². The van der Waals surface area contributed by atoms with Crippen molar-refractivity contribution in [1.29, 1.82) is 0 Å². The lowest BCUT2D eigenvalue weighted by Gasteiger charge is -2.40. The summed E-state index contributed by atoms with van der Waals surface area (Å²) in [5.41, 5.74) is 2.78. The van der Waals surface area contributed by atoms with Crippen molar-refractivity contribution < 1.29 is 14.3 Å². The number of ether oxygens (including phenoxy) is 2. The Bertz CT molecular complexity index is 1170. The summed E-state index contributed by atoms with van der Waals surface area (Å²) >= 11 is 1.63. The molecular weight excluding hydrogens is 448 g/mol. The summed E-state index contributed by atoms with van der Waals surface area (Å²) in [6.45, 7) is 2.88. The van der Waals surface area contributed by atoms with Gasteiger partial charge < -0.3 is 9.47 Å². The lowest BCUT2D eigenvalue weighted by molar-refractivity contribution is -0.149. The quantitative estimate of drug-likeness (QED) is 0.486. The molecule has 176 valence electrons. The number of carbonyl (C=O) groups is 1. The van der Waals surface area contributed by atoms with Crippen molar-refractivity contribution in [3.8, 4) is 0 Å². The van der Waals surface area contributed by atoms with Crippen LogP contribution < -0.4 is 4.90 Å². The van der Waals surface area contributed by atoms with E-state index < -0.39 is 5.41 Å². The van der Waals surface area contributed by atoms with Crippen LogP contribution in [0.3, 0.4) is 0 Å². The first-order valence-corrected chi connectivity index (χ1v) is 12.2. The fraction of sp³-hybridized carbons (Fsp3) is 0.346. The van der Waals surface area contributed by atoms with Crippen LogP contribution in [0.2, 0.25) is 0 Å². The Kier molecular flexibility index (Phi) is 6.54. The Hall–Kier alpha value is -2.94. The SMILES string of the molecule is COCN1c2cc(CN3CCC(C(=O)OC)(c4ccccc4)CC3)ccc2Sc2nccnc21. The van der Waals surface area contributed by atoms with Crippen LogP contribution in [0, 0.1) is 0 Å². The third-order valence-electron chi connectivity index (χ3n) is 6.70. The third kappa shape index (κ3) is 4.17. The van der Waals surface area contributed by atoms with Crippen LogP contribution in [0.5, 0.6) is 0 Å². The first-order chi connectivity index (χ1) is 16.6. The molecule has 0 bridgehead atoms. The van der Waals surface area contributed by atoms with Crippen molar-refractivity contribution in [2.45, 2.75) is 34.7 Å². The van der Waals surface area contributed by atoms with E-state index in [-0.39, 0.29) is 5.97 Å². The van der Waals surface area contributed by atoms with Crippen molar-refractivity contribution in [3.05, 3.63) is 72.1 Å². The number of methoxy groups -OCH3 is 2. The number of hydrogen-bond donors (Lipinski definition) is 0. The van der Waals surface area contributed by atoms with E-state index in [0.29, 0.717) is 6.73 Å². The molecule has 1 fully saturated rings. The second kappa shape index (κ2) is 9.74. The molecule has 34 heavy (non-hydrogen) atoms. The van der Waals surface area contributed by atoms with E-state index in [4.69, 9.17) is 9.47 Å². The molecule has 0 atom stereocenters. The fourth-order valence-corrected chi connectivity index (χ4v) is 5.91. The topological polar surface area (TPSA) is 67.8 Å². The standard InChI is InChI=1S/C26H28N4O3S/c1-32-18-30-21-16-19(8-9-22(21)34-24-23(30)27-12-13-28-24)17-29-14-10-26(11-15-29,25(31)33-2)20-6-4-3-5-7-20/h3-9,12-13,16H,10-11,14-15,17-18H2,1-2H3. The first-order valence-electron chi connectivity index (χ1n) is 11.4. The van der Waals surface area contributed by atoms with Gasteiger partial charge in [0.25, 0.3) is 0 Å². The molecule has 3 aromatic rings. The molecule has 0 saturated carbocycles. The van der Waals surface area contributed by atoms with Gasteiger partial charge in [-0.05, 0) is 49.2 Å². The molecule has 0 aliphatic carbocycles. The maximum atomic E-state index is 12.8. The minimum atomic E-state index is -0.573. The molecule has 2 aromatic carbocycles. The van der Waals surface area contributed by atoms with E-state index in [2.05, 4.69) is 38.0 Å². The number of carbonyl (C=O) groups excluding carboxylic acids is 1. The minimum absolute atomic E-state index is 0.140. The molecule has 1 aromatic heterocycles.